The first-order valence-electron chi connectivity index (χ1n) is 6.80. The van der Waals surface area contributed by atoms with E-state index in [4.69, 9.17) is 10.2 Å². The highest BCUT2D eigenvalue weighted by molar-refractivity contribution is 5.81. The van der Waals surface area contributed by atoms with Crippen molar-refractivity contribution in [3.8, 4) is 0 Å². The van der Waals surface area contributed by atoms with Crippen molar-refractivity contribution in [1.82, 2.24) is 10.2 Å². The third-order valence-electron chi connectivity index (χ3n) is 3.43. The number of nitrogens with one attached hydrogen (secondary N) is 1. The predicted octanol–water partition coefficient (Wildman–Crippen LogP) is -0.557. The lowest BCUT2D eigenvalue weighted by molar-refractivity contribution is -0.146. The molecule has 1 fully saturated rings. The molecular formula is C13H22N2O5. The Balaban J connectivity index is 2.36. The number of nitrogens with zero attached hydrogens (tertiary/aromatic N) is 1. The molecule has 0 aromatic heterocycles. The fraction of sp³-hybridized carbons (Fsp3) is 0.769. The van der Waals surface area contributed by atoms with E-state index in [2.05, 4.69) is 5.32 Å². The van der Waals surface area contributed by atoms with Gasteiger partial charge in [-0.3, -0.25) is 9.59 Å². The Kier molecular flexibility index (Phi) is 5.94. The Morgan fingerprint density at radius 1 is 1.25 bits per heavy atom. The van der Waals surface area contributed by atoms with Crippen LogP contribution < -0.4 is 5.32 Å². The van der Waals surface area contributed by atoms with Crippen LogP contribution in [0.1, 0.15) is 26.7 Å². The van der Waals surface area contributed by atoms with Gasteiger partial charge in [-0.05, 0) is 12.8 Å². The Labute approximate surface area is 117 Å². The molecule has 114 valence electrons. The Morgan fingerprint density at radius 3 is 2.25 bits per heavy atom. The molecule has 7 nitrogen and oxygen atoms in total. The number of carbonyl (C=O) groups is 3. The molecule has 0 spiro atoms. The van der Waals surface area contributed by atoms with Crippen LogP contribution in [-0.2, 0) is 14.4 Å². The topological polar surface area (TPSA) is 107 Å². The first-order chi connectivity index (χ1) is 9.32. The van der Waals surface area contributed by atoms with Crippen LogP contribution in [0.4, 0.5) is 0 Å². The lowest BCUT2D eigenvalue weighted by Crippen LogP contribution is -2.46. The van der Waals surface area contributed by atoms with Crippen molar-refractivity contribution in [1.29, 1.82) is 0 Å². The molecule has 1 atom stereocenters. The van der Waals surface area contributed by atoms with E-state index in [9.17, 15) is 14.4 Å². The van der Waals surface area contributed by atoms with Crippen LogP contribution in [-0.4, -0.2) is 58.6 Å². The van der Waals surface area contributed by atoms with Gasteiger partial charge in [-0.15, -0.1) is 0 Å². The molecule has 1 rings (SSSR count). The Morgan fingerprint density at radius 2 is 1.80 bits per heavy atom. The molecule has 0 aromatic rings. The van der Waals surface area contributed by atoms with Crippen molar-refractivity contribution in [2.75, 3.05) is 19.6 Å². The predicted molar refractivity (Wildman–Crippen MR) is 70.8 cm³/mol. The van der Waals surface area contributed by atoms with Gasteiger partial charge >= 0.3 is 5.97 Å². The first kappa shape index (κ1) is 16.4. The van der Waals surface area contributed by atoms with Gasteiger partial charge in [-0.1, -0.05) is 13.8 Å². The summed E-state index contributed by atoms with van der Waals surface area (Å²) in [5.41, 5.74) is 0. The molecule has 0 bridgehead atoms. The molecule has 1 aliphatic rings. The van der Waals surface area contributed by atoms with E-state index in [0.717, 1.165) is 0 Å². The summed E-state index contributed by atoms with van der Waals surface area (Å²) in [5, 5.41) is 20.0. The molecule has 1 aliphatic heterocycles. The molecule has 1 saturated heterocycles. The second-order valence-corrected chi connectivity index (χ2v) is 5.35. The highest BCUT2D eigenvalue weighted by Crippen LogP contribution is 2.18. The number of piperidine rings is 1. The lowest BCUT2D eigenvalue weighted by Gasteiger charge is -2.32. The zero-order chi connectivity index (χ0) is 15.3. The maximum absolute atomic E-state index is 11.8. The highest BCUT2D eigenvalue weighted by atomic mass is 16.4. The third-order valence-corrected chi connectivity index (χ3v) is 3.43. The number of aliphatic hydroxyl groups is 1. The number of carboxylic acids is 1. The van der Waals surface area contributed by atoms with Gasteiger partial charge in [0.05, 0.1) is 6.54 Å². The Bertz CT molecular complexity index is 375. The van der Waals surface area contributed by atoms with E-state index in [0.29, 0.717) is 25.9 Å². The van der Waals surface area contributed by atoms with Crippen LogP contribution in [0.2, 0.25) is 0 Å². The highest BCUT2D eigenvalue weighted by Gasteiger charge is 2.28. The molecule has 0 saturated carbocycles. The summed E-state index contributed by atoms with van der Waals surface area (Å²) in [6.45, 7) is 4.47. The Hall–Kier alpha value is -1.63. The minimum Gasteiger partial charge on any atom is -0.479 e. The van der Waals surface area contributed by atoms with E-state index in [1.54, 1.807) is 4.90 Å². The normalized spacial score (nSPS) is 17.9. The number of hydrogen-bond acceptors (Lipinski definition) is 4. The molecule has 1 heterocycles. The van der Waals surface area contributed by atoms with Gasteiger partial charge in [-0.25, -0.2) is 4.79 Å². The van der Waals surface area contributed by atoms with Crippen molar-refractivity contribution < 1.29 is 24.6 Å². The maximum Gasteiger partial charge on any atom is 0.334 e. The second kappa shape index (κ2) is 7.23. The smallest absolute Gasteiger partial charge is 0.334 e. The van der Waals surface area contributed by atoms with Crippen molar-refractivity contribution in [2.45, 2.75) is 32.8 Å². The van der Waals surface area contributed by atoms with Gasteiger partial charge in [0.2, 0.25) is 11.8 Å². The van der Waals surface area contributed by atoms with Crippen LogP contribution >= 0.6 is 0 Å². The van der Waals surface area contributed by atoms with E-state index in [1.165, 1.54) is 0 Å². The average Bonchev–Trinajstić information content (AvgIpc) is 2.43. The minimum atomic E-state index is -1.58. The molecule has 0 radical (unpaired) electrons. The fourth-order valence-electron chi connectivity index (χ4n) is 2.16. The maximum atomic E-state index is 11.8. The van der Waals surface area contributed by atoms with Gasteiger partial charge in [0.1, 0.15) is 0 Å². The van der Waals surface area contributed by atoms with E-state index < -0.39 is 12.1 Å². The van der Waals surface area contributed by atoms with Crippen molar-refractivity contribution in [3.63, 3.8) is 0 Å². The van der Waals surface area contributed by atoms with Crippen LogP contribution in [0.5, 0.6) is 0 Å². The van der Waals surface area contributed by atoms with Crippen molar-refractivity contribution in [3.05, 3.63) is 0 Å². The number of aliphatic hydroxyl groups excluding tert-OH is 1. The molecule has 20 heavy (non-hydrogen) atoms. The van der Waals surface area contributed by atoms with Gasteiger partial charge < -0.3 is 20.4 Å². The summed E-state index contributed by atoms with van der Waals surface area (Å²) >= 11 is 0. The lowest BCUT2D eigenvalue weighted by atomic mass is 9.95. The van der Waals surface area contributed by atoms with Crippen molar-refractivity contribution >= 4 is 17.8 Å². The van der Waals surface area contributed by atoms with E-state index in [1.807, 2.05) is 13.8 Å². The summed E-state index contributed by atoms with van der Waals surface area (Å²) in [6.07, 6.45) is -0.456. The molecule has 3 N–H and O–H groups in total. The molecule has 0 aromatic carbocycles. The van der Waals surface area contributed by atoms with Crippen molar-refractivity contribution in [2.24, 2.45) is 11.8 Å². The fourth-order valence-corrected chi connectivity index (χ4v) is 2.16. The van der Waals surface area contributed by atoms with Gasteiger partial charge in [0.15, 0.2) is 6.10 Å². The van der Waals surface area contributed by atoms with Crippen LogP contribution in [0, 0.1) is 11.8 Å². The number of likely N-dealkylation sites (tertiary alicyclic amines) is 1. The quantitative estimate of drug-likeness (QED) is 0.628. The van der Waals surface area contributed by atoms with Crippen LogP contribution in [0.3, 0.4) is 0 Å². The second-order valence-electron chi connectivity index (χ2n) is 5.35. The number of carbonyl (C=O) groups excluding carboxylic acids is 2. The van der Waals surface area contributed by atoms with Crippen LogP contribution in [0.25, 0.3) is 0 Å². The summed E-state index contributed by atoms with van der Waals surface area (Å²) in [4.78, 5) is 35.8. The van der Waals surface area contributed by atoms with Gasteiger partial charge in [0, 0.05) is 24.9 Å². The molecule has 1 unspecified atom stereocenters. The summed E-state index contributed by atoms with van der Waals surface area (Å²) in [7, 11) is 0. The van der Waals surface area contributed by atoms with Gasteiger partial charge in [0.25, 0.3) is 0 Å². The van der Waals surface area contributed by atoms with E-state index >= 15 is 0 Å². The monoisotopic (exact) mass is 286 g/mol. The molecular weight excluding hydrogens is 264 g/mol. The summed E-state index contributed by atoms with van der Waals surface area (Å²) in [5.74, 6) is -1.81. The summed E-state index contributed by atoms with van der Waals surface area (Å²) in [6, 6.07) is 0. The third kappa shape index (κ3) is 4.48. The standard InChI is InChI=1S/C13H22N2O5/c1-8(2)12(18)15-5-3-9(4-6-15)11(17)14-7-10(16)13(19)20/h8-10,16H,3-7H2,1-2H3,(H,14,17)(H,19,20). The molecule has 7 heteroatoms. The average molecular weight is 286 g/mol. The van der Waals surface area contributed by atoms with Crippen LogP contribution in [0.15, 0.2) is 0 Å². The number of carboxylic acid groups (broad SMARTS) is 1. The number of amides is 2. The minimum absolute atomic E-state index is 0.0499. The molecule has 0 aliphatic carbocycles. The van der Waals surface area contributed by atoms with E-state index in [-0.39, 0.29) is 30.2 Å². The zero-order valence-corrected chi connectivity index (χ0v) is 11.8. The summed E-state index contributed by atoms with van der Waals surface area (Å²) < 4.78 is 0. The number of hydrogen-bond donors (Lipinski definition) is 3. The molecule has 2 amide bonds. The van der Waals surface area contributed by atoms with Gasteiger partial charge in [-0.2, -0.15) is 0 Å². The number of rotatable bonds is 5. The SMILES string of the molecule is CC(C)C(=O)N1CCC(C(=O)NCC(O)C(=O)O)CC1. The largest absolute Gasteiger partial charge is 0.479 e. The zero-order valence-electron chi connectivity index (χ0n) is 11.8. The number of aliphatic carboxylic acids is 1. The first-order valence-corrected chi connectivity index (χ1v) is 6.80.